The molecule has 100 valence electrons. The van der Waals surface area contributed by atoms with Crippen molar-refractivity contribution in [3.63, 3.8) is 0 Å². The van der Waals surface area contributed by atoms with Crippen molar-refractivity contribution in [1.29, 1.82) is 0 Å². The third-order valence-corrected chi connectivity index (χ3v) is 3.31. The van der Waals surface area contributed by atoms with Crippen molar-refractivity contribution >= 4 is 11.6 Å². The summed E-state index contributed by atoms with van der Waals surface area (Å²) in [5.74, 6) is 0.917. The van der Waals surface area contributed by atoms with Crippen molar-refractivity contribution in [2.45, 2.75) is 25.2 Å². The highest BCUT2D eigenvalue weighted by atomic mass is 35.5. The molecule has 0 aliphatic carbocycles. The molecule has 1 unspecified atom stereocenters. The van der Waals surface area contributed by atoms with Crippen LogP contribution in [-0.4, -0.2) is 33.2 Å². The first-order valence-corrected chi connectivity index (χ1v) is 6.28. The molecular formula is C13H18ClNO3. The van der Waals surface area contributed by atoms with Crippen LogP contribution in [-0.2, 0) is 22.3 Å². The average molecular weight is 272 g/mol. The fourth-order valence-electron chi connectivity index (χ4n) is 2.29. The monoisotopic (exact) mass is 271 g/mol. The Morgan fingerprint density at radius 1 is 1.39 bits per heavy atom. The summed E-state index contributed by atoms with van der Waals surface area (Å²) in [4.78, 5) is 0. The first-order chi connectivity index (χ1) is 8.65. The summed E-state index contributed by atoms with van der Waals surface area (Å²) in [6, 6.07) is 3.59. The Kier molecular flexibility index (Phi) is 4.45. The second-order valence-electron chi connectivity index (χ2n) is 4.36. The molecule has 1 aromatic rings. The molecule has 1 heterocycles. The standard InChI is InChI=1S/C13H18ClNO3/c1-16-13(17-2)11(15)7-9-6-10(14)5-8-3-4-18-12(8)9/h5-6,11,13H,3-4,7,15H2,1-2H3. The molecule has 0 saturated heterocycles. The number of hydrogen-bond acceptors (Lipinski definition) is 4. The zero-order valence-electron chi connectivity index (χ0n) is 10.6. The molecule has 0 spiro atoms. The van der Waals surface area contributed by atoms with Gasteiger partial charge in [0.05, 0.1) is 12.6 Å². The topological polar surface area (TPSA) is 53.7 Å². The summed E-state index contributed by atoms with van der Waals surface area (Å²) < 4.78 is 16.0. The van der Waals surface area contributed by atoms with Crippen molar-refractivity contribution in [1.82, 2.24) is 0 Å². The van der Waals surface area contributed by atoms with Crippen LogP contribution in [0.1, 0.15) is 11.1 Å². The lowest BCUT2D eigenvalue weighted by Crippen LogP contribution is -2.39. The summed E-state index contributed by atoms with van der Waals surface area (Å²) in [6.07, 6.45) is 1.08. The lowest BCUT2D eigenvalue weighted by molar-refractivity contribution is -0.115. The van der Waals surface area contributed by atoms with Crippen LogP contribution in [0.2, 0.25) is 5.02 Å². The van der Waals surface area contributed by atoms with E-state index in [4.69, 9.17) is 31.5 Å². The van der Waals surface area contributed by atoms with E-state index in [1.165, 1.54) is 0 Å². The fourth-order valence-corrected chi connectivity index (χ4v) is 2.56. The van der Waals surface area contributed by atoms with Crippen molar-refractivity contribution in [2.24, 2.45) is 5.73 Å². The van der Waals surface area contributed by atoms with E-state index < -0.39 is 6.29 Å². The predicted octanol–water partition coefficient (Wildman–Crippen LogP) is 1.76. The van der Waals surface area contributed by atoms with Gasteiger partial charge < -0.3 is 19.9 Å². The molecule has 2 N–H and O–H groups in total. The minimum absolute atomic E-state index is 0.258. The maximum Gasteiger partial charge on any atom is 0.172 e. The van der Waals surface area contributed by atoms with Crippen LogP contribution in [0.25, 0.3) is 0 Å². The van der Waals surface area contributed by atoms with Crippen LogP contribution < -0.4 is 10.5 Å². The Labute approximate surface area is 112 Å². The number of benzene rings is 1. The third-order valence-electron chi connectivity index (χ3n) is 3.10. The Morgan fingerprint density at radius 2 is 2.11 bits per heavy atom. The van der Waals surface area contributed by atoms with Gasteiger partial charge in [0.2, 0.25) is 0 Å². The molecule has 18 heavy (non-hydrogen) atoms. The first kappa shape index (κ1) is 13.6. The van der Waals surface area contributed by atoms with Crippen molar-refractivity contribution in [2.75, 3.05) is 20.8 Å². The molecule has 0 amide bonds. The van der Waals surface area contributed by atoms with Gasteiger partial charge in [0.25, 0.3) is 0 Å². The second-order valence-corrected chi connectivity index (χ2v) is 4.80. The van der Waals surface area contributed by atoms with E-state index in [9.17, 15) is 0 Å². The van der Waals surface area contributed by atoms with E-state index in [0.29, 0.717) is 18.1 Å². The molecule has 1 aromatic carbocycles. The van der Waals surface area contributed by atoms with Crippen LogP contribution in [0.3, 0.4) is 0 Å². The second kappa shape index (κ2) is 5.89. The van der Waals surface area contributed by atoms with E-state index in [1.54, 1.807) is 14.2 Å². The van der Waals surface area contributed by atoms with E-state index in [2.05, 4.69) is 0 Å². The van der Waals surface area contributed by atoms with Gasteiger partial charge in [-0.2, -0.15) is 0 Å². The molecule has 0 aromatic heterocycles. The van der Waals surface area contributed by atoms with E-state index in [-0.39, 0.29) is 6.04 Å². The fraction of sp³-hybridized carbons (Fsp3) is 0.538. The molecule has 0 saturated carbocycles. The maximum atomic E-state index is 6.10. The van der Waals surface area contributed by atoms with Gasteiger partial charge in [0, 0.05) is 25.7 Å². The number of methoxy groups -OCH3 is 2. The third kappa shape index (κ3) is 2.78. The number of fused-ring (bicyclic) bond motifs is 1. The van der Waals surface area contributed by atoms with Gasteiger partial charge in [-0.25, -0.2) is 0 Å². The highest BCUT2D eigenvalue weighted by molar-refractivity contribution is 6.30. The number of hydrogen-bond donors (Lipinski definition) is 1. The molecule has 4 nitrogen and oxygen atoms in total. The van der Waals surface area contributed by atoms with Crippen LogP contribution in [0.5, 0.6) is 5.75 Å². The van der Waals surface area contributed by atoms with E-state index in [1.807, 2.05) is 12.1 Å². The quantitative estimate of drug-likeness (QED) is 0.829. The minimum Gasteiger partial charge on any atom is -0.493 e. The van der Waals surface area contributed by atoms with Crippen molar-refractivity contribution in [3.05, 3.63) is 28.3 Å². The van der Waals surface area contributed by atoms with Crippen molar-refractivity contribution in [3.8, 4) is 5.75 Å². The highest BCUT2D eigenvalue weighted by Crippen LogP contribution is 2.33. The number of ether oxygens (including phenoxy) is 3. The van der Waals surface area contributed by atoms with Crippen LogP contribution in [0.15, 0.2) is 12.1 Å². The summed E-state index contributed by atoms with van der Waals surface area (Å²) in [7, 11) is 3.15. The van der Waals surface area contributed by atoms with Crippen LogP contribution >= 0.6 is 11.6 Å². The van der Waals surface area contributed by atoms with Gasteiger partial charge in [-0.3, -0.25) is 0 Å². The zero-order chi connectivity index (χ0) is 13.1. The summed E-state index contributed by atoms with van der Waals surface area (Å²) >= 11 is 6.10. The molecular weight excluding hydrogens is 254 g/mol. The Bertz CT molecular complexity index is 421. The number of rotatable bonds is 5. The number of nitrogens with two attached hydrogens (primary N) is 1. The molecule has 1 atom stereocenters. The smallest absolute Gasteiger partial charge is 0.172 e. The first-order valence-electron chi connectivity index (χ1n) is 5.91. The van der Waals surface area contributed by atoms with Gasteiger partial charge in [0.1, 0.15) is 5.75 Å². The molecule has 0 fully saturated rings. The molecule has 0 radical (unpaired) electrons. The SMILES string of the molecule is COC(OC)C(N)Cc1cc(Cl)cc2c1OCC2. The molecule has 2 rings (SSSR count). The minimum atomic E-state index is -0.430. The lowest BCUT2D eigenvalue weighted by atomic mass is 10.0. The molecule has 5 heteroatoms. The summed E-state index contributed by atoms with van der Waals surface area (Å²) in [5, 5.41) is 0.716. The largest absolute Gasteiger partial charge is 0.493 e. The van der Waals surface area contributed by atoms with Gasteiger partial charge >= 0.3 is 0 Å². The lowest BCUT2D eigenvalue weighted by Gasteiger charge is -2.21. The van der Waals surface area contributed by atoms with Gasteiger partial charge in [-0.05, 0) is 29.7 Å². The molecule has 1 aliphatic rings. The summed E-state index contributed by atoms with van der Waals surface area (Å²) in [5.41, 5.74) is 8.23. The van der Waals surface area contributed by atoms with Crippen LogP contribution in [0.4, 0.5) is 0 Å². The van der Waals surface area contributed by atoms with Gasteiger partial charge in [0.15, 0.2) is 6.29 Å². The Balaban J connectivity index is 2.19. The van der Waals surface area contributed by atoms with Gasteiger partial charge in [-0.15, -0.1) is 0 Å². The normalized spacial score (nSPS) is 15.6. The molecule has 1 aliphatic heterocycles. The highest BCUT2D eigenvalue weighted by Gasteiger charge is 2.22. The Hall–Kier alpha value is -0.810. The summed E-state index contributed by atoms with van der Waals surface area (Å²) in [6.45, 7) is 0.704. The maximum absolute atomic E-state index is 6.10. The number of halogens is 1. The van der Waals surface area contributed by atoms with E-state index >= 15 is 0 Å². The average Bonchev–Trinajstić information content (AvgIpc) is 2.78. The zero-order valence-corrected chi connectivity index (χ0v) is 11.4. The predicted molar refractivity (Wildman–Crippen MR) is 70.1 cm³/mol. The Morgan fingerprint density at radius 3 is 2.78 bits per heavy atom. The van der Waals surface area contributed by atoms with E-state index in [0.717, 1.165) is 23.3 Å². The van der Waals surface area contributed by atoms with Crippen molar-refractivity contribution < 1.29 is 14.2 Å². The van der Waals surface area contributed by atoms with Crippen LogP contribution in [0, 0.1) is 0 Å². The van der Waals surface area contributed by atoms with Gasteiger partial charge in [-0.1, -0.05) is 11.6 Å². The molecule has 0 bridgehead atoms.